The van der Waals surface area contributed by atoms with Gasteiger partial charge in [0.05, 0.1) is 10.0 Å². The Bertz CT molecular complexity index is 483. The van der Waals surface area contributed by atoms with Gasteiger partial charge in [0.15, 0.2) is 0 Å². The highest BCUT2D eigenvalue weighted by Gasteiger charge is 2.36. The lowest BCUT2D eigenvalue weighted by Crippen LogP contribution is -2.48. The first-order chi connectivity index (χ1) is 9.32. The van der Waals surface area contributed by atoms with Crippen molar-refractivity contribution in [2.75, 3.05) is 26.2 Å². The van der Waals surface area contributed by atoms with Crippen molar-refractivity contribution < 1.29 is 4.39 Å². The first-order valence-corrected chi connectivity index (χ1v) is 7.66. The third-order valence-corrected chi connectivity index (χ3v) is 4.51. The zero-order chi connectivity index (χ0) is 14.9. The molecular formula is C15H22Cl3FN2. The number of hydrogen-bond donors (Lipinski definition) is 1. The SMILES string of the molecule is CC(C)(C)[C@@H](c1c(F)ccc(Cl)c1Cl)N1CCNCC1.Cl. The van der Waals surface area contributed by atoms with Crippen molar-refractivity contribution in [3.63, 3.8) is 0 Å². The molecule has 0 radical (unpaired) electrons. The van der Waals surface area contributed by atoms with E-state index in [1.165, 1.54) is 12.1 Å². The summed E-state index contributed by atoms with van der Waals surface area (Å²) in [6, 6.07) is 2.83. The van der Waals surface area contributed by atoms with Crippen LogP contribution in [0.25, 0.3) is 0 Å². The Balaban J connectivity index is 0.00000220. The van der Waals surface area contributed by atoms with Gasteiger partial charge in [-0.1, -0.05) is 44.0 Å². The van der Waals surface area contributed by atoms with Crippen molar-refractivity contribution in [1.82, 2.24) is 10.2 Å². The normalized spacial score (nSPS) is 18.2. The Labute approximate surface area is 142 Å². The first kappa shape index (κ1) is 19.0. The van der Waals surface area contributed by atoms with Crippen LogP contribution in [0.3, 0.4) is 0 Å². The summed E-state index contributed by atoms with van der Waals surface area (Å²) in [5, 5.41) is 4.07. The van der Waals surface area contributed by atoms with E-state index in [-0.39, 0.29) is 29.7 Å². The van der Waals surface area contributed by atoms with Crippen molar-refractivity contribution in [1.29, 1.82) is 0 Å². The second kappa shape index (κ2) is 7.47. The predicted molar refractivity (Wildman–Crippen MR) is 90.3 cm³/mol. The highest BCUT2D eigenvalue weighted by Crippen LogP contribution is 2.44. The molecule has 1 aliphatic rings. The molecule has 0 bridgehead atoms. The molecule has 0 unspecified atom stereocenters. The molecule has 0 aliphatic carbocycles. The third kappa shape index (κ3) is 4.23. The van der Waals surface area contributed by atoms with Gasteiger partial charge in [-0.2, -0.15) is 0 Å². The van der Waals surface area contributed by atoms with Crippen LogP contribution in [0.1, 0.15) is 32.4 Å². The van der Waals surface area contributed by atoms with Gasteiger partial charge in [0, 0.05) is 37.8 Å². The average molecular weight is 356 g/mol. The van der Waals surface area contributed by atoms with Crippen molar-refractivity contribution in [2.24, 2.45) is 5.41 Å². The number of halogens is 4. The smallest absolute Gasteiger partial charge is 0.129 e. The number of piperazine rings is 1. The van der Waals surface area contributed by atoms with E-state index in [1.807, 2.05) is 0 Å². The molecule has 1 atom stereocenters. The van der Waals surface area contributed by atoms with E-state index in [0.29, 0.717) is 15.6 Å². The molecule has 0 saturated carbocycles. The van der Waals surface area contributed by atoms with Crippen LogP contribution in [0.4, 0.5) is 4.39 Å². The molecule has 21 heavy (non-hydrogen) atoms. The van der Waals surface area contributed by atoms with Crippen molar-refractivity contribution in [3.8, 4) is 0 Å². The number of nitrogens with zero attached hydrogens (tertiary/aromatic N) is 1. The van der Waals surface area contributed by atoms with Crippen LogP contribution < -0.4 is 5.32 Å². The van der Waals surface area contributed by atoms with E-state index in [2.05, 4.69) is 31.0 Å². The molecule has 6 heteroatoms. The fourth-order valence-electron chi connectivity index (χ4n) is 2.90. The fraction of sp³-hybridized carbons (Fsp3) is 0.600. The molecule has 1 N–H and O–H groups in total. The van der Waals surface area contributed by atoms with Crippen LogP contribution in [0, 0.1) is 11.2 Å². The minimum absolute atomic E-state index is 0. The van der Waals surface area contributed by atoms with Crippen LogP contribution in [0.2, 0.25) is 10.0 Å². The summed E-state index contributed by atoms with van der Waals surface area (Å²) in [6.45, 7) is 9.90. The van der Waals surface area contributed by atoms with E-state index in [0.717, 1.165) is 26.2 Å². The average Bonchev–Trinajstić information content (AvgIpc) is 2.39. The number of benzene rings is 1. The molecule has 0 spiro atoms. The molecule has 2 rings (SSSR count). The minimum atomic E-state index is -0.280. The summed E-state index contributed by atoms with van der Waals surface area (Å²) in [5.74, 6) is -0.280. The lowest BCUT2D eigenvalue weighted by Gasteiger charge is -2.43. The van der Waals surface area contributed by atoms with Crippen LogP contribution in [-0.4, -0.2) is 31.1 Å². The highest BCUT2D eigenvalue weighted by atomic mass is 35.5. The largest absolute Gasteiger partial charge is 0.314 e. The van der Waals surface area contributed by atoms with Crippen LogP contribution in [0.5, 0.6) is 0 Å². The van der Waals surface area contributed by atoms with Crippen molar-refractivity contribution >= 4 is 35.6 Å². The van der Waals surface area contributed by atoms with Gasteiger partial charge in [-0.05, 0) is 17.5 Å². The van der Waals surface area contributed by atoms with Crippen molar-refractivity contribution in [2.45, 2.75) is 26.8 Å². The summed E-state index contributed by atoms with van der Waals surface area (Å²) in [4.78, 5) is 2.29. The number of hydrogen-bond acceptors (Lipinski definition) is 2. The van der Waals surface area contributed by atoms with E-state index < -0.39 is 0 Å². The van der Waals surface area contributed by atoms with Gasteiger partial charge in [-0.25, -0.2) is 4.39 Å². The molecule has 1 heterocycles. The molecule has 1 aliphatic heterocycles. The molecule has 1 aromatic rings. The Morgan fingerprint density at radius 1 is 1.19 bits per heavy atom. The quantitative estimate of drug-likeness (QED) is 0.783. The Morgan fingerprint density at radius 3 is 2.29 bits per heavy atom. The standard InChI is InChI=1S/C15H21Cl2FN2.ClH/c1-15(2,3)14(20-8-6-19-7-9-20)12-11(18)5-4-10(16)13(12)17;/h4-5,14,19H,6-9H2,1-3H3;1H/t14-;/m1./s1. The second-order valence-electron chi connectivity index (χ2n) is 6.31. The number of rotatable bonds is 2. The predicted octanol–water partition coefficient (Wildman–Crippen LogP) is 4.55. The topological polar surface area (TPSA) is 15.3 Å². The van der Waals surface area contributed by atoms with Gasteiger partial charge in [0.25, 0.3) is 0 Å². The monoisotopic (exact) mass is 354 g/mol. The van der Waals surface area contributed by atoms with Gasteiger partial charge in [0.1, 0.15) is 5.82 Å². The minimum Gasteiger partial charge on any atom is -0.314 e. The summed E-state index contributed by atoms with van der Waals surface area (Å²) in [5.41, 5.74) is 0.389. The molecule has 120 valence electrons. The zero-order valence-corrected chi connectivity index (χ0v) is 14.9. The lowest BCUT2D eigenvalue weighted by molar-refractivity contribution is 0.0835. The molecule has 1 fully saturated rings. The molecule has 0 amide bonds. The molecule has 1 saturated heterocycles. The van der Waals surface area contributed by atoms with Crippen LogP contribution in [0.15, 0.2) is 12.1 Å². The summed E-state index contributed by atoms with van der Waals surface area (Å²) >= 11 is 12.4. The van der Waals surface area contributed by atoms with E-state index in [9.17, 15) is 4.39 Å². The first-order valence-electron chi connectivity index (χ1n) is 6.90. The molecule has 0 aromatic heterocycles. The van der Waals surface area contributed by atoms with Crippen molar-refractivity contribution in [3.05, 3.63) is 33.6 Å². The van der Waals surface area contributed by atoms with Gasteiger partial charge < -0.3 is 5.32 Å². The second-order valence-corrected chi connectivity index (χ2v) is 7.10. The third-order valence-electron chi connectivity index (χ3n) is 3.69. The van der Waals surface area contributed by atoms with Gasteiger partial charge in [-0.15, -0.1) is 12.4 Å². The fourth-order valence-corrected chi connectivity index (χ4v) is 3.32. The van der Waals surface area contributed by atoms with E-state index >= 15 is 0 Å². The number of nitrogens with one attached hydrogen (secondary N) is 1. The maximum atomic E-state index is 14.4. The van der Waals surface area contributed by atoms with Gasteiger partial charge >= 0.3 is 0 Å². The molecule has 2 nitrogen and oxygen atoms in total. The zero-order valence-electron chi connectivity index (χ0n) is 12.5. The van der Waals surface area contributed by atoms with E-state index in [4.69, 9.17) is 23.2 Å². The summed E-state index contributed by atoms with van der Waals surface area (Å²) < 4.78 is 14.4. The van der Waals surface area contributed by atoms with Crippen LogP contribution >= 0.6 is 35.6 Å². The molecule has 1 aromatic carbocycles. The maximum Gasteiger partial charge on any atom is 0.129 e. The lowest BCUT2D eigenvalue weighted by atomic mass is 9.80. The van der Waals surface area contributed by atoms with Gasteiger partial charge in [0.2, 0.25) is 0 Å². The Hall–Kier alpha value is -0.0600. The highest BCUT2D eigenvalue weighted by molar-refractivity contribution is 6.42. The van der Waals surface area contributed by atoms with E-state index in [1.54, 1.807) is 0 Å². The summed E-state index contributed by atoms with van der Waals surface area (Å²) in [7, 11) is 0. The molecular weight excluding hydrogens is 334 g/mol. The van der Waals surface area contributed by atoms with Gasteiger partial charge in [-0.3, -0.25) is 4.90 Å². The summed E-state index contributed by atoms with van der Waals surface area (Å²) in [6.07, 6.45) is 0. The van der Waals surface area contributed by atoms with Crippen LogP contribution in [-0.2, 0) is 0 Å². The maximum absolute atomic E-state index is 14.4. The Morgan fingerprint density at radius 2 is 1.76 bits per heavy atom. The Kier molecular flexibility index (Phi) is 6.76.